The van der Waals surface area contributed by atoms with Crippen LogP contribution in [0.1, 0.15) is 84.8 Å². The molecule has 0 radical (unpaired) electrons. The van der Waals surface area contributed by atoms with Crippen molar-refractivity contribution in [3.05, 3.63) is 35.4 Å². The van der Waals surface area contributed by atoms with E-state index in [-0.39, 0.29) is 0 Å². The second kappa shape index (κ2) is 17.2. The monoisotopic (exact) mass is 264 g/mol. The van der Waals surface area contributed by atoms with Gasteiger partial charge in [0.2, 0.25) is 0 Å². The van der Waals surface area contributed by atoms with Crippen molar-refractivity contribution in [1.29, 1.82) is 0 Å². The summed E-state index contributed by atoms with van der Waals surface area (Å²) in [6, 6.07) is 8.96. The third kappa shape index (κ3) is 10.8. The highest BCUT2D eigenvalue weighted by Gasteiger charge is 2.00. The molecule has 0 aliphatic heterocycles. The standard InChI is InChI=1S/C15H24.2C2H6/c1-3-5-7-11-15-13-9-8-12-14(15)10-6-4-2;2*1-2/h8-9,12-13H,3-7,10-11H2,1-2H3;2*1-2H3. The summed E-state index contributed by atoms with van der Waals surface area (Å²) in [4.78, 5) is 0. The summed E-state index contributed by atoms with van der Waals surface area (Å²) in [5.41, 5.74) is 3.16. The highest BCUT2D eigenvalue weighted by Crippen LogP contribution is 2.15. The molecule has 0 saturated carbocycles. The van der Waals surface area contributed by atoms with Gasteiger partial charge in [-0.15, -0.1) is 0 Å². The molecule has 0 aliphatic rings. The summed E-state index contributed by atoms with van der Waals surface area (Å²) in [7, 11) is 0. The number of unbranched alkanes of at least 4 members (excludes halogenated alkanes) is 3. The highest BCUT2D eigenvalue weighted by molar-refractivity contribution is 5.27. The molecule has 0 N–H and O–H groups in total. The predicted molar refractivity (Wildman–Crippen MR) is 91.0 cm³/mol. The van der Waals surface area contributed by atoms with E-state index in [1.54, 1.807) is 11.1 Å². The molecule has 0 amide bonds. The number of rotatable bonds is 7. The Morgan fingerprint density at radius 2 is 1.05 bits per heavy atom. The van der Waals surface area contributed by atoms with E-state index in [9.17, 15) is 0 Å². The fourth-order valence-electron chi connectivity index (χ4n) is 1.98. The Morgan fingerprint density at radius 1 is 0.632 bits per heavy atom. The van der Waals surface area contributed by atoms with Gasteiger partial charge in [0.05, 0.1) is 0 Å². The smallest absolute Gasteiger partial charge is 0.0276 e. The van der Waals surface area contributed by atoms with Gasteiger partial charge in [0.15, 0.2) is 0 Å². The lowest BCUT2D eigenvalue weighted by molar-refractivity contribution is 0.707. The van der Waals surface area contributed by atoms with Gasteiger partial charge in [0.25, 0.3) is 0 Å². The fourth-order valence-corrected chi connectivity index (χ4v) is 1.98. The predicted octanol–water partition coefficient (Wildman–Crippen LogP) is 6.81. The summed E-state index contributed by atoms with van der Waals surface area (Å²) >= 11 is 0. The van der Waals surface area contributed by atoms with Gasteiger partial charge in [-0.1, -0.05) is 85.1 Å². The fraction of sp³-hybridized carbons (Fsp3) is 0.684. The van der Waals surface area contributed by atoms with Crippen LogP contribution in [0.2, 0.25) is 0 Å². The zero-order valence-corrected chi connectivity index (χ0v) is 14.3. The van der Waals surface area contributed by atoms with Gasteiger partial charge in [-0.25, -0.2) is 0 Å². The molecular weight excluding hydrogens is 228 g/mol. The molecule has 0 heterocycles. The van der Waals surface area contributed by atoms with Crippen LogP contribution in [-0.2, 0) is 12.8 Å². The van der Waals surface area contributed by atoms with E-state index in [2.05, 4.69) is 38.1 Å². The molecular formula is C19H36. The Morgan fingerprint density at radius 3 is 1.47 bits per heavy atom. The van der Waals surface area contributed by atoms with Gasteiger partial charge in [0.1, 0.15) is 0 Å². The van der Waals surface area contributed by atoms with Crippen molar-refractivity contribution in [3.63, 3.8) is 0 Å². The number of benzene rings is 1. The van der Waals surface area contributed by atoms with E-state index >= 15 is 0 Å². The average Bonchev–Trinajstić information content (AvgIpc) is 2.50. The van der Waals surface area contributed by atoms with Crippen LogP contribution in [0.4, 0.5) is 0 Å². The van der Waals surface area contributed by atoms with E-state index in [1.807, 2.05) is 27.7 Å². The van der Waals surface area contributed by atoms with Crippen LogP contribution in [0.5, 0.6) is 0 Å². The van der Waals surface area contributed by atoms with Crippen LogP contribution in [0.25, 0.3) is 0 Å². The molecule has 1 aromatic carbocycles. The molecule has 1 rings (SSSR count). The van der Waals surface area contributed by atoms with E-state index < -0.39 is 0 Å². The Hall–Kier alpha value is -0.780. The van der Waals surface area contributed by atoms with Gasteiger partial charge in [-0.3, -0.25) is 0 Å². The van der Waals surface area contributed by atoms with Gasteiger partial charge < -0.3 is 0 Å². The first kappa shape index (κ1) is 20.5. The van der Waals surface area contributed by atoms with Crippen molar-refractivity contribution in [1.82, 2.24) is 0 Å². The van der Waals surface area contributed by atoms with Gasteiger partial charge in [0, 0.05) is 0 Å². The minimum atomic E-state index is 1.26. The minimum absolute atomic E-state index is 1.26. The van der Waals surface area contributed by atoms with Crippen molar-refractivity contribution in [2.45, 2.75) is 86.5 Å². The first-order valence-electron chi connectivity index (χ1n) is 8.45. The Labute approximate surface area is 122 Å². The minimum Gasteiger partial charge on any atom is -0.0683 e. The molecule has 0 atom stereocenters. The molecule has 0 saturated heterocycles. The topological polar surface area (TPSA) is 0 Å². The molecule has 19 heavy (non-hydrogen) atoms. The molecule has 1 aromatic rings. The van der Waals surface area contributed by atoms with E-state index in [4.69, 9.17) is 0 Å². The summed E-state index contributed by atoms with van der Waals surface area (Å²) < 4.78 is 0. The maximum Gasteiger partial charge on any atom is -0.0276 e. The molecule has 0 spiro atoms. The second-order valence-corrected chi connectivity index (χ2v) is 4.33. The van der Waals surface area contributed by atoms with Crippen molar-refractivity contribution >= 4 is 0 Å². The van der Waals surface area contributed by atoms with Crippen LogP contribution in [-0.4, -0.2) is 0 Å². The lowest BCUT2D eigenvalue weighted by atomic mass is 9.98. The summed E-state index contributed by atoms with van der Waals surface area (Å²) in [5, 5.41) is 0. The van der Waals surface area contributed by atoms with Crippen molar-refractivity contribution < 1.29 is 0 Å². The van der Waals surface area contributed by atoms with E-state index in [0.717, 1.165) is 0 Å². The molecule has 0 nitrogen and oxygen atoms in total. The maximum absolute atomic E-state index is 2.31. The number of aryl methyl sites for hydroxylation is 2. The SMILES string of the molecule is CC.CC.CCCCCc1ccccc1CCCC. The van der Waals surface area contributed by atoms with Gasteiger partial charge in [-0.05, 0) is 36.8 Å². The normalized spacial score (nSPS) is 8.95. The first-order chi connectivity index (χ1) is 9.38. The van der Waals surface area contributed by atoms with Crippen LogP contribution in [0, 0.1) is 0 Å². The van der Waals surface area contributed by atoms with Crippen molar-refractivity contribution in [2.24, 2.45) is 0 Å². The van der Waals surface area contributed by atoms with Crippen LogP contribution in [0.15, 0.2) is 24.3 Å². The molecule has 0 bridgehead atoms. The third-order valence-corrected chi connectivity index (χ3v) is 2.97. The average molecular weight is 264 g/mol. The molecule has 0 fully saturated rings. The van der Waals surface area contributed by atoms with Gasteiger partial charge >= 0.3 is 0 Å². The Bertz CT molecular complexity index is 262. The largest absolute Gasteiger partial charge is 0.0683 e. The number of hydrogen-bond acceptors (Lipinski definition) is 0. The molecule has 0 unspecified atom stereocenters. The zero-order valence-electron chi connectivity index (χ0n) is 14.3. The maximum atomic E-state index is 2.31. The Balaban J connectivity index is 0. The molecule has 112 valence electrons. The van der Waals surface area contributed by atoms with Crippen molar-refractivity contribution in [2.75, 3.05) is 0 Å². The van der Waals surface area contributed by atoms with E-state index in [0.29, 0.717) is 0 Å². The third-order valence-electron chi connectivity index (χ3n) is 2.97. The summed E-state index contributed by atoms with van der Waals surface area (Å²) in [6.07, 6.45) is 9.18. The van der Waals surface area contributed by atoms with Crippen molar-refractivity contribution in [3.8, 4) is 0 Å². The quantitative estimate of drug-likeness (QED) is 0.474. The second-order valence-electron chi connectivity index (χ2n) is 4.33. The molecule has 0 aromatic heterocycles. The number of hydrogen-bond donors (Lipinski definition) is 0. The lowest BCUT2D eigenvalue weighted by Gasteiger charge is -2.08. The first-order valence-corrected chi connectivity index (χ1v) is 8.45. The van der Waals surface area contributed by atoms with Crippen LogP contribution < -0.4 is 0 Å². The lowest BCUT2D eigenvalue weighted by Crippen LogP contribution is -1.94. The van der Waals surface area contributed by atoms with Crippen LogP contribution in [0.3, 0.4) is 0 Å². The van der Waals surface area contributed by atoms with Crippen LogP contribution >= 0.6 is 0 Å². The molecule has 0 heteroatoms. The highest BCUT2D eigenvalue weighted by atomic mass is 14.1. The molecule has 0 aliphatic carbocycles. The van der Waals surface area contributed by atoms with E-state index in [1.165, 1.54) is 44.9 Å². The Kier molecular flexibility index (Phi) is 18.6. The zero-order chi connectivity index (χ0) is 14.9. The summed E-state index contributed by atoms with van der Waals surface area (Å²) in [5.74, 6) is 0. The summed E-state index contributed by atoms with van der Waals surface area (Å²) in [6.45, 7) is 12.5. The van der Waals surface area contributed by atoms with Gasteiger partial charge in [-0.2, -0.15) is 0 Å².